The van der Waals surface area contributed by atoms with Gasteiger partial charge in [0.2, 0.25) is 5.91 Å². The van der Waals surface area contributed by atoms with E-state index in [9.17, 15) is 14.7 Å². The first kappa shape index (κ1) is 24.3. The van der Waals surface area contributed by atoms with Crippen molar-refractivity contribution in [2.24, 2.45) is 0 Å². The Morgan fingerprint density at radius 1 is 1.23 bits per heavy atom. The van der Waals surface area contributed by atoms with Crippen LogP contribution in [0.2, 0.25) is 5.02 Å². The van der Waals surface area contributed by atoms with E-state index < -0.39 is 18.6 Å². The number of aldehydes is 1. The lowest BCUT2D eigenvalue weighted by atomic mass is 10.1. The largest absolute Gasteiger partial charge is 0.400 e. The van der Waals surface area contributed by atoms with Gasteiger partial charge in [0, 0.05) is 29.9 Å². The van der Waals surface area contributed by atoms with Gasteiger partial charge in [-0.25, -0.2) is 0 Å². The highest BCUT2D eigenvalue weighted by atomic mass is 35.5. The second-order valence-corrected chi connectivity index (χ2v) is 8.78. The van der Waals surface area contributed by atoms with Crippen molar-refractivity contribution in [3.63, 3.8) is 0 Å². The smallest absolute Gasteiger partial charge is 0.249 e. The lowest BCUT2D eigenvalue weighted by Crippen LogP contribution is -2.46. The third-order valence-corrected chi connectivity index (χ3v) is 6.39. The van der Waals surface area contributed by atoms with E-state index in [1.54, 1.807) is 11.3 Å². The summed E-state index contributed by atoms with van der Waals surface area (Å²) in [7, 11) is 1.00. The lowest BCUT2D eigenvalue weighted by molar-refractivity contribution is -0.139. The molecule has 1 atom stereocenters. The minimum atomic E-state index is -0.684. The normalized spacial score (nSPS) is 11.5. The molecule has 30 heavy (non-hydrogen) atoms. The van der Waals surface area contributed by atoms with E-state index in [-0.39, 0.29) is 13.1 Å². The average molecular weight is 467 g/mol. The van der Waals surface area contributed by atoms with Gasteiger partial charge in [-0.15, -0.1) is 11.3 Å². The molecule has 0 bridgehead atoms. The second kappa shape index (κ2) is 12.7. The van der Waals surface area contributed by atoms with E-state index in [2.05, 4.69) is 4.72 Å². The zero-order valence-electron chi connectivity index (χ0n) is 16.3. The molecular formula is C21H23ClN2O4S2. The van der Waals surface area contributed by atoms with Gasteiger partial charge in [-0.3, -0.25) is 9.52 Å². The molecule has 9 heteroatoms. The third-order valence-electron chi connectivity index (χ3n) is 4.13. The van der Waals surface area contributed by atoms with Gasteiger partial charge in [0.1, 0.15) is 18.9 Å². The fraction of sp³-hybridized carbons (Fsp3) is 0.238. The number of benzene rings is 2. The van der Waals surface area contributed by atoms with Crippen LogP contribution < -0.4 is 4.72 Å². The molecular weight excluding hydrogens is 444 g/mol. The van der Waals surface area contributed by atoms with Crippen LogP contribution in [0.15, 0.2) is 58.8 Å². The van der Waals surface area contributed by atoms with Gasteiger partial charge in [0.15, 0.2) is 0 Å². The summed E-state index contributed by atoms with van der Waals surface area (Å²) < 4.78 is 5.28. The Morgan fingerprint density at radius 2 is 1.97 bits per heavy atom. The summed E-state index contributed by atoms with van der Waals surface area (Å²) in [6.07, 6.45) is 0.731. The number of nitrogens with one attached hydrogen (secondary N) is 1. The topological polar surface area (TPSA) is 89.9 Å². The first-order chi connectivity index (χ1) is 14.6. The monoisotopic (exact) mass is 466 g/mol. The Balaban J connectivity index is 0.00000155. The molecule has 0 spiro atoms. The van der Waals surface area contributed by atoms with Gasteiger partial charge in [0.25, 0.3) is 0 Å². The molecule has 0 saturated heterocycles. The van der Waals surface area contributed by atoms with E-state index in [1.807, 2.05) is 54.6 Å². The van der Waals surface area contributed by atoms with Crippen LogP contribution in [0, 0.1) is 0 Å². The van der Waals surface area contributed by atoms with Gasteiger partial charge < -0.3 is 19.9 Å². The highest BCUT2D eigenvalue weighted by Gasteiger charge is 2.23. The van der Waals surface area contributed by atoms with E-state index in [0.717, 1.165) is 33.3 Å². The molecule has 0 aliphatic rings. The maximum absolute atomic E-state index is 12.2. The molecule has 1 unspecified atom stereocenters. The number of carbonyl (C=O) groups excluding carboxylic acids is 2. The molecule has 0 saturated carbocycles. The minimum Gasteiger partial charge on any atom is -0.400 e. The van der Waals surface area contributed by atoms with Crippen molar-refractivity contribution in [1.29, 1.82) is 0 Å². The number of hydrogen-bond acceptors (Lipinski definition) is 7. The fourth-order valence-corrected chi connectivity index (χ4v) is 4.99. The minimum absolute atomic E-state index is 0.261. The lowest BCUT2D eigenvalue weighted by Gasteiger charge is -2.28. The summed E-state index contributed by atoms with van der Waals surface area (Å²) in [5.41, 5.74) is 0.894. The van der Waals surface area contributed by atoms with Crippen LogP contribution >= 0.6 is 34.9 Å². The summed E-state index contributed by atoms with van der Waals surface area (Å²) in [6, 6.07) is 16.5. The Hall–Kier alpha value is -1.94. The van der Waals surface area contributed by atoms with Crippen LogP contribution in [0.4, 0.5) is 0 Å². The summed E-state index contributed by atoms with van der Waals surface area (Å²) in [6.45, 7) is -0.111. The van der Waals surface area contributed by atoms with Gasteiger partial charge >= 0.3 is 0 Å². The molecule has 3 rings (SSSR count). The van der Waals surface area contributed by atoms with E-state index >= 15 is 0 Å². The van der Waals surface area contributed by atoms with Crippen LogP contribution in [0.3, 0.4) is 0 Å². The highest BCUT2D eigenvalue weighted by molar-refractivity contribution is 7.99. The summed E-state index contributed by atoms with van der Waals surface area (Å²) >= 11 is 9.03. The molecule has 0 aliphatic carbocycles. The third kappa shape index (κ3) is 6.80. The molecule has 0 fully saturated rings. The number of aliphatic hydroxyl groups excluding tert-OH is 2. The molecule has 3 aromatic rings. The predicted octanol–water partition coefficient (Wildman–Crippen LogP) is 3.35. The van der Waals surface area contributed by atoms with Crippen molar-refractivity contribution < 1.29 is 19.8 Å². The van der Waals surface area contributed by atoms with Crippen LogP contribution in [0.5, 0.6) is 0 Å². The second-order valence-electron chi connectivity index (χ2n) is 6.07. The van der Waals surface area contributed by atoms with Crippen molar-refractivity contribution in [2.75, 3.05) is 20.3 Å². The summed E-state index contributed by atoms with van der Waals surface area (Å²) in [4.78, 5) is 25.2. The number of carbonyl (C=O) groups is 2. The molecule has 3 N–H and O–H groups in total. The van der Waals surface area contributed by atoms with Crippen molar-refractivity contribution in [3.05, 3.63) is 65.2 Å². The maximum atomic E-state index is 12.2. The maximum Gasteiger partial charge on any atom is 0.249 e. The van der Waals surface area contributed by atoms with Gasteiger partial charge in [-0.2, -0.15) is 0 Å². The van der Waals surface area contributed by atoms with Crippen molar-refractivity contribution in [3.8, 4) is 0 Å². The van der Waals surface area contributed by atoms with Crippen molar-refractivity contribution in [2.45, 2.75) is 16.8 Å². The molecule has 1 heterocycles. The molecule has 0 radical (unpaired) electrons. The predicted molar refractivity (Wildman–Crippen MR) is 123 cm³/mol. The Bertz CT molecular complexity index is 953. The number of hydrogen-bond donors (Lipinski definition) is 3. The quantitative estimate of drug-likeness (QED) is 0.331. The number of halogens is 1. The van der Waals surface area contributed by atoms with Gasteiger partial charge in [-0.05, 0) is 41.1 Å². The van der Waals surface area contributed by atoms with E-state index in [0.29, 0.717) is 5.02 Å². The zero-order chi connectivity index (χ0) is 21.9. The number of nitrogens with zero attached hydrogens (tertiary/aromatic N) is 1. The summed E-state index contributed by atoms with van der Waals surface area (Å²) in [5, 5.41) is 18.1. The van der Waals surface area contributed by atoms with Gasteiger partial charge in [-0.1, -0.05) is 48.0 Å². The van der Waals surface area contributed by atoms with Crippen molar-refractivity contribution >= 4 is 57.2 Å². The fourth-order valence-electron chi connectivity index (χ4n) is 2.72. The number of rotatable bonds is 9. The van der Waals surface area contributed by atoms with Crippen LogP contribution in [-0.2, 0) is 16.1 Å². The average Bonchev–Trinajstić information content (AvgIpc) is 3.19. The first-order valence-electron chi connectivity index (χ1n) is 9.04. The molecule has 1 amide bonds. The molecule has 2 aromatic carbocycles. The first-order valence-corrected chi connectivity index (χ1v) is 11.0. The van der Waals surface area contributed by atoms with Gasteiger partial charge in [0.05, 0.1) is 4.21 Å². The Morgan fingerprint density at radius 3 is 2.63 bits per heavy atom. The SMILES string of the molecule is CO.O=CC(CNSc1cc2ccc(Cl)cc2s1)N(Cc1ccccc1)C(=O)CO. The van der Waals surface area contributed by atoms with E-state index in [1.165, 1.54) is 16.8 Å². The van der Waals surface area contributed by atoms with Crippen LogP contribution in [0.25, 0.3) is 10.1 Å². The van der Waals surface area contributed by atoms with E-state index in [4.69, 9.17) is 16.7 Å². The number of thiophene rings is 1. The summed E-state index contributed by atoms with van der Waals surface area (Å²) in [5.74, 6) is -0.482. The standard InChI is InChI=1S/C20H19ClN2O3S2.CH4O/c21-16-7-6-15-8-20(27-18(15)9-16)28-22-10-17(12-24)23(19(26)13-25)11-14-4-2-1-3-5-14;1-2/h1-9,12,17,22,25H,10-11,13H2;2H,1H3. The van der Waals surface area contributed by atoms with Crippen LogP contribution in [-0.4, -0.2) is 53.6 Å². The molecule has 1 aromatic heterocycles. The Kier molecular flexibility index (Phi) is 10.3. The molecule has 0 aliphatic heterocycles. The Labute approximate surface area is 188 Å². The number of amides is 1. The number of fused-ring (bicyclic) bond motifs is 1. The van der Waals surface area contributed by atoms with Crippen molar-refractivity contribution in [1.82, 2.24) is 9.62 Å². The highest BCUT2D eigenvalue weighted by Crippen LogP contribution is 2.33. The van der Waals surface area contributed by atoms with Crippen LogP contribution in [0.1, 0.15) is 5.56 Å². The number of aliphatic hydroxyl groups is 2. The molecule has 160 valence electrons. The zero-order valence-corrected chi connectivity index (χ0v) is 18.7. The molecule has 6 nitrogen and oxygen atoms in total.